The Hall–Kier alpha value is -2.95. The minimum absolute atomic E-state index is 0.0559. The summed E-state index contributed by atoms with van der Waals surface area (Å²) in [6, 6.07) is 12.8. The zero-order valence-electron chi connectivity index (χ0n) is 17.2. The van der Waals surface area contributed by atoms with Crippen LogP contribution in [0.2, 0.25) is 0 Å². The minimum Gasteiger partial charge on any atom is -0.326 e. The van der Waals surface area contributed by atoms with E-state index in [9.17, 15) is 14.4 Å². The van der Waals surface area contributed by atoms with E-state index < -0.39 is 0 Å². The zero-order chi connectivity index (χ0) is 20.8. The first-order chi connectivity index (χ1) is 13.2. The van der Waals surface area contributed by atoms with Crippen molar-refractivity contribution < 1.29 is 14.4 Å². The summed E-state index contributed by atoms with van der Waals surface area (Å²) in [6.45, 7) is 9.45. The lowest BCUT2D eigenvalue weighted by atomic mass is 9.97. The molecule has 0 aromatic heterocycles. The van der Waals surface area contributed by atoms with Crippen molar-refractivity contribution in [2.24, 2.45) is 0 Å². The lowest BCUT2D eigenvalue weighted by Crippen LogP contribution is -2.33. The van der Waals surface area contributed by atoms with Crippen LogP contribution in [0.1, 0.15) is 61.5 Å². The normalized spacial score (nSPS) is 10.6. The largest absolute Gasteiger partial charge is 0.326 e. The first kappa shape index (κ1) is 21.4. The number of nitrogens with one attached hydrogen (secondary N) is 1. The number of Topliss-reactive ketones (excluding diaryl/α,β-unsaturated/α-hetero) is 1. The summed E-state index contributed by atoms with van der Waals surface area (Å²) in [5.41, 5.74) is 4.10. The number of hydrogen-bond acceptors (Lipinski definition) is 3. The van der Waals surface area contributed by atoms with Gasteiger partial charge in [-0.15, -0.1) is 0 Å². The summed E-state index contributed by atoms with van der Waals surface area (Å²) in [4.78, 5) is 37.9. The summed E-state index contributed by atoms with van der Waals surface area (Å²) in [5, 5.41) is 2.81. The molecular weight excluding hydrogens is 352 g/mol. The average Bonchev–Trinajstić information content (AvgIpc) is 2.62. The van der Waals surface area contributed by atoms with Crippen LogP contribution >= 0.6 is 0 Å². The van der Waals surface area contributed by atoms with E-state index in [0.717, 1.165) is 16.8 Å². The third-order valence-corrected chi connectivity index (χ3v) is 4.66. The van der Waals surface area contributed by atoms with Crippen molar-refractivity contribution in [1.29, 1.82) is 0 Å². The van der Waals surface area contributed by atoms with Gasteiger partial charge in [0, 0.05) is 36.8 Å². The number of hydrogen-bond donors (Lipinski definition) is 1. The van der Waals surface area contributed by atoms with Gasteiger partial charge in [-0.3, -0.25) is 14.4 Å². The molecule has 0 saturated carbocycles. The second kappa shape index (κ2) is 9.31. The van der Waals surface area contributed by atoms with Gasteiger partial charge >= 0.3 is 0 Å². The molecule has 2 rings (SSSR count). The van der Waals surface area contributed by atoms with E-state index in [-0.39, 0.29) is 36.5 Å². The topological polar surface area (TPSA) is 66.5 Å². The second-order valence-corrected chi connectivity index (χ2v) is 7.27. The maximum atomic E-state index is 12.4. The molecule has 2 aromatic carbocycles. The maximum Gasteiger partial charge on any atom is 0.226 e. The lowest BCUT2D eigenvalue weighted by Gasteiger charge is -2.27. The molecule has 0 aliphatic rings. The number of carbonyl (C=O) groups is 3. The van der Waals surface area contributed by atoms with E-state index in [4.69, 9.17) is 0 Å². The van der Waals surface area contributed by atoms with E-state index in [2.05, 4.69) is 19.2 Å². The Morgan fingerprint density at radius 1 is 1.04 bits per heavy atom. The van der Waals surface area contributed by atoms with Crippen molar-refractivity contribution in [2.45, 2.75) is 47.0 Å². The fraction of sp³-hybridized carbons (Fsp3) is 0.348. The molecule has 0 aliphatic heterocycles. The number of anilines is 2. The van der Waals surface area contributed by atoms with Gasteiger partial charge in [-0.05, 0) is 43.0 Å². The molecular formula is C23H28N2O3. The van der Waals surface area contributed by atoms with Crippen LogP contribution in [-0.4, -0.2) is 24.1 Å². The van der Waals surface area contributed by atoms with Gasteiger partial charge in [0.25, 0.3) is 0 Å². The van der Waals surface area contributed by atoms with Crippen molar-refractivity contribution in [3.63, 3.8) is 0 Å². The summed E-state index contributed by atoms with van der Waals surface area (Å²) >= 11 is 0. The minimum atomic E-state index is -0.202. The van der Waals surface area contributed by atoms with Gasteiger partial charge in [0.05, 0.1) is 0 Å². The summed E-state index contributed by atoms with van der Waals surface area (Å²) in [6.07, 6.45) is 0.162. The number of amides is 2. The molecule has 28 heavy (non-hydrogen) atoms. The molecule has 0 fully saturated rings. The molecule has 0 aliphatic carbocycles. The fourth-order valence-electron chi connectivity index (χ4n) is 3.20. The van der Waals surface area contributed by atoms with Crippen LogP contribution in [0.4, 0.5) is 11.4 Å². The Kier molecular flexibility index (Phi) is 7.10. The monoisotopic (exact) mass is 380 g/mol. The Morgan fingerprint density at radius 2 is 1.71 bits per heavy atom. The molecule has 5 heteroatoms. The highest BCUT2D eigenvalue weighted by molar-refractivity contribution is 5.98. The molecule has 0 atom stereocenters. The van der Waals surface area contributed by atoms with Crippen LogP contribution in [0.5, 0.6) is 0 Å². The molecule has 5 nitrogen and oxygen atoms in total. The summed E-state index contributed by atoms with van der Waals surface area (Å²) in [5.74, 6) is -0.0891. The molecule has 1 N–H and O–H groups in total. The number of benzene rings is 2. The van der Waals surface area contributed by atoms with Crippen LogP contribution in [-0.2, 0) is 9.59 Å². The number of carbonyl (C=O) groups excluding carboxylic acids is 3. The molecule has 2 aromatic rings. The highest BCUT2D eigenvalue weighted by atomic mass is 16.2. The molecule has 0 heterocycles. The Balaban J connectivity index is 2.15. The van der Waals surface area contributed by atoms with Gasteiger partial charge in [0.15, 0.2) is 5.78 Å². The summed E-state index contributed by atoms with van der Waals surface area (Å²) in [7, 11) is 0. The first-order valence-electron chi connectivity index (χ1n) is 9.49. The van der Waals surface area contributed by atoms with Crippen molar-refractivity contribution in [1.82, 2.24) is 0 Å². The summed E-state index contributed by atoms with van der Waals surface area (Å²) < 4.78 is 0. The van der Waals surface area contributed by atoms with Gasteiger partial charge in [0.2, 0.25) is 11.8 Å². The molecule has 0 saturated heterocycles. The maximum absolute atomic E-state index is 12.4. The van der Waals surface area contributed by atoms with E-state index in [1.54, 1.807) is 29.2 Å². The van der Waals surface area contributed by atoms with Gasteiger partial charge in [0.1, 0.15) is 0 Å². The van der Waals surface area contributed by atoms with E-state index in [0.29, 0.717) is 11.3 Å². The van der Waals surface area contributed by atoms with Crippen molar-refractivity contribution in [2.75, 3.05) is 16.8 Å². The first-order valence-corrected chi connectivity index (χ1v) is 9.49. The predicted molar refractivity (Wildman–Crippen MR) is 113 cm³/mol. The number of rotatable bonds is 7. The Labute approximate surface area is 166 Å². The molecule has 0 spiro atoms. The van der Waals surface area contributed by atoms with E-state index in [1.165, 1.54) is 13.8 Å². The predicted octanol–water partition coefficient (Wildman–Crippen LogP) is 4.70. The number of aryl methyl sites for hydroxylation is 1. The second-order valence-electron chi connectivity index (χ2n) is 7.27. The standard InChI is InChI=1S/C23H28N2O3/c1-15(2)21-11-6-8-16(3)23(21)25(18(5)27)13-12-22(28)24-20-10-7-9-19(14-20)17(4)26/h6-11,14-15H,12-13H2,1-5H3,(H,24,28). The molecule has 148 valence electrons. The molecule has 0 bridgehead atoms. The lowest BCUT2D eigenvalue weighted by molar-refractivity contribution is -0.117. The Bertz CT molecular complexity index is 887. The van der Waals surface area contributed by atoms with Gasteiger partial charge in [-0.2, -0.15) is 0 Å². The van der Waals surface area contributed by atoms with Crippen LogP contribution in [0.3, 0.4) is 0 Å². The zero-order valence-corrected chi connectivity index (χ0v) is 17.2. The van der Waals surface area contributed by atoms with Crippen LogP contribution in [0.25, 0.3) is 0 Å². The molecule has 2 amide bonds. The van der Waals surface area contributed by atoms with Gasteiger partial charge in [-0.1, -0.05) is 44.2 Å². The Morgan fingerprint density at radius 3 is 2.32 bits per heavy atom. The van der Waals surface area contributed by atoms with Gasteiger partial charge in [-0.25, -0.2) is 0 Å². The van der Waals surface area contributed by atoms with Crippen molar-refractivity contribution >= 4 is 29.0 Å². The molecule has 0 radical (unpaired) electrons. The van der Waals surface area contributed by atoms with Crippen LogP contribution < -0.4 is 10.2 Å². The van der Waals surface area contributed by atoms with E-state index >= 15 is 0 Å². The van der Waals surface area contributed by atoms with E-state index in [1.807, 2.05) is 25.1 Å². The highest BCUT2D eigenvalue weighted by Gasteiger charge is 2.20. The number of ketones is 1. The highest BCUT2D eigenvalue weighted by Crippen LogP contribution is 2.31. The SMILES string of the molecule is CC(=O)c1cccc(NC(=O)CCN(C(C)=O)c2c(C)cccc2C(C)C)c1. The van der Waals surface area contributed by atoms with Crippen molar-refractivity contribution in [3.8, 4) is 0 Å². The molecule has 0 unspecified atom stereocenters. The van der Waals surface area contributed by atoms with Crippen LogP contribution in [0, 0.1) is 6.92 Å². The number of nitrogens with zero attached hydrogens (tertiary/aromatic N) is 1. The third-order valence-electron chi connectivity index (χ3n) is 4.66. The van der Waals surface area contributed by atoms with Gasteiger partial charge < -0.3 is 10.2 Å². The van der Waals surface area contributed by atoms with Crippen LogP contribution in [0.15, 0.2) is 42.5 Å². The van der Waals surface area contributed by atoms with Crippen molar-refractivity contribution in [3.05, 3.63) is 59.2 Å². The third kappa shape index (κ3) is 5.28. The number of para-hydroxylation sites is 1. The average molecular weight is 380 g/mol. The fourth-order valence-corrected chi connectivity index (χ4v) is 3.20. The quantitative estimate of drug-likeness (QED) is 0.708. The smallest absolute Gasteiger partial charge is 0.226 e.